The first-order valence-electron chi connectivity index (χ1n) is 6.75. The van der Waals surface area contributed by atoms with E-state index in [-0.39, 0.29) is 11.0 Å². The van der Waals surface area contributed by atoms with Gasteiger partial charge in [-0.25, -0.2) is 4.98 Å². The number of halogens is 3. The Kier molecular flexibility index (Phi) is 3.27. The molecule has 21 heavy (non-hydrogen) atoms. The first-order chi connectivity index (χ1) is 9.88. The summed E-state index contributed by atoms with van der Waals surface area (Å²) in [5.74, 6) is 0.360. The Hall–Kier alpha value is -1.83. The second kappa shape index (κ2) is 4.87. The second-order valence-electron chi connectivity index (χ2n) is 5.17. The molecule has 2 aromatic heterocycles. The van der Waals surface area contributed by atoms with Crippen molar-refractivity contribution in [1.82, 2.24) is 20.1 Å². The number of pyridine rings is 1. The van der Waals surface area contributed by atoms with Crippen LogP contribution in [-0.2, 0) is 13.2 Å². The van der Waals surface area contributed by atoms with Crippen molar-refractivity contribution in [2.75, 3.05) is 31.1 Å². The summed E-state index contributed by atoms with van der Waals surface area (Å²) >= 11 is 0. The predicted molar refractivity (Wildman–Crippen MR) is 73.3 cm³/mol. The SMILES string of the molecule is Cc1nn(C)c2nc(N3CCNCC3)cc(C(F)(F)F)c12. The van der Waals surface area contributed by atoms with Crippen LogP contribution in [0.4, 0.5) is 19.0 Å². The molecule has 0 saturated carbocycles. The number of nitrogens with zero attached hydrogens (tertiary/aromatic N) is 4. The third-order valence-electron chi connectivity index (χ3n) is 3.70. The predicted octanol–water partition coefficient (Wildman–Crippen LogP) is 1.71. The number of hydrogen-bond acceptors (Lipinski definition) is 4. The Morgan fingerprint density at radius 2 is 1.90 bits per heavy atom. The van der Waals surface area contributed by atoms with Crippen molar-refractivity contribution in [1.29, 1.82) is 0 Å². The molecule has 0 aliphatic carbocycles. The van der Waals surface area contributed by atoms with Gasteiger partial charge < -0.3 is 10.2 Å². The van der Waals surface area contributed by atoms with Crippen molar-refractivity contribution in [3.8, 4) is 0 Å². The molecule has 0 spiro atoms. The molecule has 0 amide bonds. The van der Waals surface area contributed by atoms with Gasteiger partial charge in [-0.1, -0.05) is 0 Å². The topological polar surface area (TPSA) is 46.0 Å². The molecule has 5 nitrogen and oxygen atoms in total. The number of fused-ring (bicyclic) bond motifs is 1. The Balaban J connectivity index is 2.21. The molecular formula is C13H16F3N5. The summed E-state index contributed by atoms with van der Waals surface area (Å²) < 4.78 is 41.5. The minimum atomic E-state index is -4.42. The molecule has 2 aromatic rings. The summed E-state index contributed by atoms with van der Waals surface area (Å²) in [6, 6.07) is 1.14. The molecule has 0 atom stereocenters. The molecule has 0 unspecified atom stereocenters. The van der Waals surface area contributed by atoms with Crippen molar-refractivity contribution in [3.05, 3.63) is 17.3 Å². The van der Waals surface area contributed by atoms with E-state index in [2.05, 4.69) is 15.4 Å². The summed E-state index contributed by atoms with van der Waals surface area (Å²) in [6.45, 7) is 4.35. The van der Waals surface area contributed by atoms with Crippen molar-refractivity contribution in [3.63, 3.8) is 0 Å². The average Bonchev–Trinajstić information content (AvgIpc) is 2.73. The third-order valence-corrected chi connectivity index (χ3v) is 3.70. The van der Waals surface area contributed by atoms with Gasteiger partial charge in [-0.15, -0.1) is 0 Å². The average molecular weight is 299 g/mol. The van der Waals surface area contributed by atoms with Crippen molar-refractivity contribution in [2.45, 2.75) is 13.1 Å². The van der Waals surface area contributed by atoms with Crippen LogP contribution in [-0.4, -0.2) is 40.9 Å². The molecular weight excluding hydrogens is 283 g/mol. The quantitative estimate of drug-likeness (QED) is 0.871. The van der Waals surface area contributed by atoms with Crippen LogP contribution in [0.2, 0.25) is 0 Å². The molecule has 3 heterocycles. The van der Waals surface area contributed by atoms with E-state index in [1.165, 1.54) is 4.68 Å². The number of aromatic nitrogens is 3. The van der Waals surface area contributed by atoms with Crippen LogP contribution in [0.5, 0.6) is 0 Å². The monoisotopic (exact) mass is 299 g/mol. The van der Waals surface area contributed by atoms with Crippen LogP contribution in [0.15, 0.2) is 6.07 Å². The van der Waals surface area contributed by atoms with Gasteiger partial charge in [0.05, 0.1) is 16.6 Å². The van der Waals surface area contributed by atoms with Gasteiger partial charge in [-0.2, -0.15) is 18.3 Å². The van der Waals surface area contributed by atoms with Crippen molar-refractivity contribution >= 4 is 16.9 Å². The smallest absolute Gasteiger partial charge is 0.354 e. The maximum absolute atomic E-state index is 13.4. The minimum absolute atomic E-state index is 0.0869. The van der Waals surface area contributed by atoms with E-state index in [1.807, 2.05) is 4.90 Å². The number of hydrogen-bond donors (Lipinski definition) is 1. The fourth-order valence-corrected chi connectivity index (χ4v) is 2.71. The molecule has 1 aliphatic heterocycles. The van der Waals surface area contributed by atoms with Gasteiger partial charge >= 0.3 is 6.18 Å². The van der Waals surface area contributed by atoms with Gasteiger partial charge in [0.15, 0.2) is 5.65 Å². The lowest BCUT2D eigenvalue weighted by atomic mass is 10.1. The molecule has 1 saturated heterocycles. The van der Waals surface area contributed by atoms with Crippen LogP contribution >= 0.6 is 0 Å². The molecule has 3 rings (SSSR count). The highest BCUT2D eigenvalue weighted by Gasteiger charge is 2.36. The minimum Gasteiger partial charge on any atom is -0.354 e. The zero-order chi connectivity index (χ0) is 15.2. The lowest BCUT2D eigenvalue weighted by Crippen LogP contribution is -2.44. The lowest BCUT2D eigenvalue weighted by Gasteiger charge is -2.29. The molecule has 1 aliphatic rings. The molecule has 0 radical (unpaired) electrons. The van der Waals surface area contributed by atoms with Crippen LogP contribution in [0.25, 0.3) is 11.0 Å². The summed E-state index contributed by atoms with van der Waals surface area (Å²) in [7, 11) is 1.62. The zero-order valence-electron chi connectivity index (χ0n) is 11.8. The number of anilines is 1. The van der Waals surface area contributed by atoms with Crippen LogP contribution < -0.4 is 10.2 Å². The lowest BCUT2D eigenvalue weighted by molar-refractivity contribution is -0.136. The Morgan fingerprint density at radius 3 is 2.52 bits per heavy atom. The van der Waals surface area contributed by atoms with E-state index in [0.29, 0.717) is 24.6 Å². The van der Waals surface area contributed by atoms with Crippen LogP contribution in [0.1, 0.15) is 11.3 Å². The first kappa shape index (κ1) is 14.1. The van der Waals surface area contributed by atoms with E-state index >= 15 is 0 Å². The summed E-state index contributed by atoms with van der Waals surface area (Å²) in [5.41, 5.74) is -0.0401. The summed E-state index contributed by atoms with van der Waals surface area (Å²) in [6.07, 6.45) is -4.42. The number of piperazine rings is 1. The van der Waals surface area contributed by atoms with E-state index in [4.69, 9.17) is 0 Å². The Morgan fingerprint density at radius 1 is 1.24 bits per heavy atom. The zero-order valence-corrected chi connectivity index (χ0v) is 11.8. The van der Waals surface area contributed by atoms with Gasteiger partial charge in [0, 0.05) is 33.2 Å². The Bertz CT molecular complexity index is 670. The Labute approximate surface area is 119 Å². The fraction of sp³-hybridized carbons (Fsp3) is 0.538. The van der Waals surface area contributed by atoms with Crippen molar-refractivity contribution in [2.24, 2.45) is 7.05 Å². The van der Waals surface area contributed by atoms with Crippen LogP contribution in [0, 0.1) is 6.92 Å². The number of aryl methyl sites for hydroxylation is 2. The highest BCUT2D eigenvalue weighted by molar-refractivity contribution is 5.84. The fourth-order valence-electron chi connectivity index (χ4n) is 2.71. The van der Waals surface area contributed by atoms with E-state index in [9.17, 15) is 13.2 Å². The second-order valence-corrected chi connectivity index (χ2v) is 5.17. The third kappa shape index (κ3) is 2.44. The highest BCUT2D eigenvalue weighted by Crippen LogP contribution is 2.37. The van der Waals surface area contributed by atoms with Gasteiger partial charge in [0.25, 0.3) is 0 Å². The molecule has 0 bridgehead atoms. The number of alkyl halides is 3. The van der Waals surface area contributed by atoms with Crippen LogP contribution in [0.3, 0.4) is 0 Å². The van der Waals surface area contributed by atoms with E-state index in [0.717, 1.165) is 19.2 Å². The van der Waals surface area contributed by atoms with E-state index in [1.54, 1.807) is 14.0 Å². The molecule has 1 fully saturated rings. The molecule has 8 heteroatoms. The summed E-state index contributed by atoms with van der Waals surface area (Å²) in [4.78, 5) is 6.26. The highest BCUT2D eigenvalue weighted by atomic mass is 19.4. The van der Waals surface area contributed by atoms with E-state index < -0.39 is 11.7 Å². The number of nitrogens with one attached hydrogen (secondary N) is 1. The maximum atomic E-state index is 13.4. The molecule has 0 aromatic carbocycles. The molecule has 1 N–H and O–H groups in total. The normalized spacial score (nSPS) is 16.7. The largest absolute Gasteiger partial charge is 0.417 e. The number of rotatable bonds is 1. The van der Waals surface area contributed by atoms with Gasteiger partial charge in [-0.3, -0.25) is 4.68 Å². The van der Waals surface area contributed by atoms with Gasteiger partial charge in [0.1, 0.15) is 5.82 Å². The summed E-state index contributed by atoms with van der Waals surface area (Å²) in [5, 5.41) is 7.33. The van der Waals surface area contributed by atoms with Crippen molar-refractivity contribution < 1.29 is 13.2 Å². The standard InChI is InChI=1S/C13H16F3N5/c1-8-11-9(13(14,15)16)7-10(18-12(11)20(2)19-8)21-5-3-17-4-6-21/h7,17H,3-6H2,1-2H3. The first-order valence-corrected chi connectivity index (χ1v) is 6.75. The van der Waals surface area contributed by atoms with Gasteiger partial charge in [-0.05, 0) is 13.0 Å². The van der Waals surface area contributed by atoms with Gasteiger partial charge in [0.2, 0.25) is 0 Å². The maximum Gasteiger partial charge on any atom is 0.417 e. The molecule has 114 valence electrons.